The SMILES string of the molecule is CCNC(=O)C(C)(C)CNC(=NC)NC1CCC(C(C)C)CC1. The van der Waals surface area contributed by atoms with E-state index in [1.807, 2.05) is 20.8 Å². The largest absolute Gasteiger partial charge is 0.356 e. The summed E-state index contributed by atoms with van der Waals surface area (Å²) in [6.07, 6.45) is 4.97. The van der Waals surface area contributed by atoms with Crippen molar-refractivity contribution in [1.29, 1.82) is 0 Å². The molecule has 1 aliphatic rings. The van der Waals surface area contributed by atoms with Gasteiger partial charge in [-0.05, 0) is 58.3 Å². The molecule has 0 spiro atoms. The second kappa shape index (κ2) is 9.14. The minimum Gasteiger partial charge on any atom is -0.356 e. The Morgan fingerprint density at radius 1 is 1.17 bits per heavy atom. The number of hydrogen-bond donors (Lipinski definition) is 3. The lowest BCUT2D eigenvalue weighted by molar-refractivity contribution is -0.128. The highest BCUT2D eigenvalue weighted by molar-refractivity contribution is 5.84. The van der Waals surface area contributed by atoms with Gasteiger partial charge in [-0.25, -0.2) is 0 Å². The lowest BCUT2D eigenvalue weighted by atomic mass is 9.80. The number of aliphatic imine (C=N–C) groups is 1. The van der Waals surface area contributed by atoms with E-state index in [0.717, 1.165) is 17.8 Å². The van der Waals surface area contributed by atoms with Crippen LogP contribution in [0.5, 0.6) is 0 Å². The summed E-state index contributed by atoms with van der Waals surface area (Å²) in [5.74, 6) is 2.52. The average Bonchev–Trinajstić information content (AvgIpc) is 2.52. The molecular weight excluding hydrogens is 288 g/mol. The molecule has 0 aliphatic heterocycles. The van der Waals surface area contributed by atoms with Gasteiger partial charge in [0, 0.05) is 26.2 Å². The molecule has 1 fully saturated rings. The first kappa shape index (κ1) is 19.8. The summed E-state index contributed by atoms with van der Waals surface area (Å²) >= 11 is 0. The van der Waals surface area contributed by atoms with Crippen molar-refractivity contribution < 1.29 is 4.79 Å². The fraction of sp³-hybridized carbons (Fsp3) is 0.889. The van der Waals surface area contributed by atoms with Gasteiger partial charge >= 0.3 is 0 Å². The van der Waals surface area contributed by atoms with E-state index in [1.54, 1.807) is 7.05 Å². The van der Waals surface area contributed by atoms with Crippen LogP contribution in [-0.4, -0.2) is 38.0 Å². The second-order valence-corrected chi connectivity index (χ2v) is 7.67. The van der Waals surface area contributed by atoms with Crippen molar-refractivity contribution in [3.05, 3.63) is 0 Å². The molecule has 5 heteroatoms. The summed E-state index contributed by atoms with van der Waals surface area (Å²) in [6.45, 7) is 11.7. The Hall–Kier alpha value is -1.26. The van der Waals surface area contributed by atoms with E-state index in [-0.39, 0.29) is 5.91 Å². The molecular formula is C18H36N4O. The maximum Gasteiger partial charge on any atom is 0.227 e. The Bertz CT molecular complexity index is 396. The van der Waals surface area contributed by atoms with Crippen LogP contribution in [0.4, 0.5) is 0 Å². The highest BCUT2D eigenvalue weighted by Gasteiger charge is 2.28. The smallest absolute Gasteiger partial charge is 0.227 e. The Balaban J connectivity index is 2.42. The standard InChI is InChI=1S/C18H36N4O/c1-7-20-16(23)18(4,5)12-21-17(19-6)22-15-10-8-14(9-11-15)13(2)3/h13-15H,7-12H2,1-6H3,(H,20,23)(H2,19,21,22). The number of guanidine groups is 1. The number of amides is 1. The van der Waals surface area contributed by atoms with Crippen LogP contribution in [0, 0.1) is 17.3 Å². The fourth-order valence-electron chi connectivity index (χ4n) is 3.10. The molecule has 0 saturated heterocycles. The minimum atomic E-state index is -0.455. The van der Waals surface area contributed by atoms with Gasteiger partial charge < -0.3 is 16.0 Å². The first-order valence-electron chi connectivity index (χ1n) is 9.05. The van der Waals surface area contributed by atoms with Crippen LogP contribution in [0.3, 0.4) is 0 Å². The zero-order valence-electron chi connectivity index (χ0n) is 15.8. The molecule has 1 aliphatic carbocycles. The summed E-state index contributed by atoms with van der Waals surface area (Å²) in [4.78, 5) is 16.4. The molecule has 0 radical (unpaired) electrons. The molecule has 1 rings (SSSR count). The Morgan fingerprint density at radius 2 is 1.78 bits per heavy atom. The quantitative estimate of drug-likeness (QED) is 0.519. The third kappa shape index (κ3) is 6.40. The van der Waals surface area contributed by atoms with Gasteiger partial charge in [-0.15, -0.1) is 0 Å². The van der Waals surface area contributed by atoms with Crippen LogP contribution >= 0.6 is 0 Å². The van der Waals surface area contributed by atoms with Crippen LogP contribution < -0.4 is 16.0 Å². The second-order valence-electron chi connectivity index (χ2n) is 7.67. The van der Waals surface area contributed by atoms with E-state index in [1.165, 1.54) is 25.7 Å². The van der Waals surface area contributed by atoms with Crippen molar-refractivity contribution in [2.24, 2.45) is 22.2 Å². The van der Waals surface area contributed by atoms with Gasteiger partial charge in [0.2, 0.25) is 5.91 Å². The monoisotopic (exact) mass is 324 g/mol. The maximum atomic E-state index is 12.0. The predicted molar refractivity (Wildman–Crippen MR) is 97.5 cm³/mol. The van der Waals surface area contributed by atoms with Gasteiger partial charge in [0.05, 0.1) is 5.41 Å². The van der Waals surface area contributed by atoms with Gasteiger partial charge in [0.25, 0.3) is 0 Å². The summed E-state index contributed by atoms with van der Waals surface area (Å²) in [6, 6.07) is 0.490. The highest BCUT2D eigenvalue weighted by Crippen LogP contribution is 2.29. The van der Waals surface area contributed by atoms with Crippen molar-refractivity contribution >= 4 is 11.9 Å². The zero-order chi connectivity index (χ0) is 17.5. The Morgan fingerprint density at radius 3 is 2.26 bits per heavy atom. The molecule has 0 unspecified atom stereocenters. The first-order chi connectivity index (χ1) is 10.8. The molecule has 134 valence electrons. The molecule has 0 aromatic carbocycles. The van der Waals surface area contributed by atoms with E-state index in [9.17, 15) is 4.79 Å². The van der Waals surface area contributed by atoms with Crippen molar-refractivity contribution in [3.8, 4) is 0 Å². The van der Waals surface area contributed by atoms with E-state index in [4.69, 9.17) is 0 Å². The number of nitrogens with one attached hydrogen (secondary N) is 3. The first-order valence-corrected chi connectivity index (χ1v) is 9.05. The topological polar surface area (TPSA) is 65.5 Å². The van der Waals surface area contributed by atoms with Crippen LogP contribution in [0.1, 0.15) is 60.3 Å². The van der Waals surface area contributed by atoms with Crippen LogP contribution in [0.15, 0.2) is 4.99 Å². The third-order valence-electron chi connectivity index (χ3n) is 4.93. The summed E-state index contributed by atoms with van der Waals surface area (Å²) in [5.41, 5.74) is -0.455. The van der Waals surface area contributed by atoms with Crippen LogP contribution in [0.2, 0.25) is 0 Å². The van der Waals surface area contributed by atoms with E-state index in [2.05, 4.69) is 34.8 Å². The molecule has 5 nitrogen and oxygen atoms in total. The van der Waals surface area contributed by atoms with Crippen molar-refractivity contribution in [2.45, 2.75) is 66.3 Å². The highest BCUT2D eigenvalue weighted by atomic mass is 16.2. The van der Waals surface area contributed by atoms with Gasteiger partial charge in [-0.2, -0.15) is 0 Å². The molecule has 23 heavy (non-hydrogen) atoms. The van der Waals surface area contributed by atoms with Gasteiger partial charge in [0.1, 0.15) is 0 Å². The number of nitrogens with zero attached hydrogens (tertiary/aromatic N) is 1. The van der Waals surface area contributed by atoms with E-state index in [0.29, 0.717) is 19.1 Å². The molecule has 0 atom stereocenters. The van der Waals surface area contributed by atoms with Gasteiger partial charge in [0.15, 0.2) is 5.96 Å². The van der Waals surface area contributed by atoms with Crippen molar-refractivity contribution in [1.82, 2.24) is 16.0 Å². The van der Waals surface area contributed by atoms with Crippen LogP contribution in [-0.2, 0) is 4.79 Å². The number of carbonyl (C=O) groups is 1. The predicted octanol–water partition coefficient (Wildman–Crippen LogP) is 2.53. The number of rotatable bonds is 6. The van der Waals surface area contributed by atoms with Gasteiger partial charge in [-0.3, -0.25) is 9.79 Å². The number of hydrogen-bond acceptors (Lipinski definition) is 2. The lowest BCUT2D eigenvalue weighted by Gasteiger charge is -2.32. The summed E-state index contributed by atoms with van der Waals surface area (Å²) in [5, 5.41) is 9.71. The Kier molecular flexibility index (Phi) is 7.86. The number of carbonyl (C=O) groups excluding carboxylic acids is 1. The normalized spacial score (nSPS) is 22.8. The molecule has 1 saturated carbocycles. The summed E-state index contributed by atoms with van der Waals surface area (Å²) < 4.78 is 0. The van der Waals surface area contributed by atoms with E-state index < -0.39 is 5.41 Å². The molecule has 0 bridgehead atoms. The fourth-order valence-corrected chi connectivity index (χ4v) is 3.10. The van der Waals surface area contributed by atoms with Crippen LogP contribution in [0.25, 0.3) is 0 Å². The van der Waals surface area contributed by atoms with Crippen molar-refractivity contribution in [3.63, 3.8) is 0 Å². The molecule has 0 aromatic rings. The average molecular weight is 325 g/mol. The minimum absolute atomic E-state index is 0.0698. The third-order valence-corrected chi connectivity index (χ3v) is 4.93. The van der Waals surface area contributed by atoms with Gasteiger partial charge in [-0.1, -0.05) is 13.8 Å². The maximum absolute atomic E-state index is 12.0. The zero-order valence-corrected chi connectivity index (χ0v) is 15.8. The lowest BCUT2D eigenvalue weighted by Crippen LogP contribution is -2.50. The molecule has 0 heterocycles. The molecule has 1 amide bonds. The Labute approximate surface area is 142 Å². The van der Waals surface area contributed by atoms with Crippen molar-refractivity contribution in [2.75, 3.05) is 20.1 Å². The summed E-state index contributed by atoms with van der Waals surface area (Å²) in [7, 11) is 1.79. The molecule has 3 N–H and O–H groups in total. The van der Waals surface area contributed by atoms with E-state index >= 15 is 0 Å². The molecule has 0 aromatic heterocycles.